The lowest BCUT2D eigenvalue weighted by Gasteiger charge is -2.18. The Bertz CT molecular complexity index is 713. The summed E-state index contributed by atoms with van der Waals surface area (Å²) in [5.74, 6) is 0.835. The van der Waals surface area contributed by atoms with Crippen LogP contribution in [-0.2, 0) is 7.05 Å². The third-order valence-electron chi connectivity index (χ3n) is 3.18. The van der Waals surface area contributed by atoms with Crippen molar-refractivity contribution in [3.8, 4) is 5.75 Å². The topological polar surface area (TPSA) is 56.1 Å². The highest BCUT2D eigenvalue weighted by Gasteiger charge is 2.12. The number of anilines is 1. The first kappa shape index (κ1) is 16.5. The van der Waals surface area contributed by atoms with E-state index >= 15 is 0 Å². The van der Waals surface area contributed by atoms with E-state index < -0.39 is 0 Å². The number of nitrogens with one attached hydrogen (secondary N) is 1. The van der Waals surface area contributed by atoms with E-state index in [0.717, 1.165) is 11.3 Å². The van der Waals surface area contributed by atoms with E-state index in [2.05, 4.69) is 26.3 Å². The Morgan fingerprint density at radius 2 is 2.05 bits per heavy atom. The molecule has 0 aliphatic rings. The summed E-state index contributed by atoms with van der Waals surface area (Å²) in [4.78, 5) is 11.9. The summed E-state index contributed by atoms with van der Waals surface area (Å²) < 4.78 is 7.48. The first-order valence-corrected chi connectivity index (χ1v) is 7.92. The number of hydrogen-bond acceptors (Lipinski definition) is 4. The Kier molecular flexibility index (Phi) is 5.24. The summed E-state index contributed by atoms with van der Waals surface area (Å²) >= 11 is 3.32. The molecule has 6 heteroatoms. The standard InChI is InChI=1S/C16H20BrN3O2/c1-10(2)22-13-7-5-6-12(8-13)11(3)19-14-9-18-20(4)16(21)15(14)17/h5-11,19H,1-4H3. The first-order valence-electron chi connectivity index (χ1n) is 7.13. The zero-order valence-corrected chi connectivity index (χ0v) is 14.7. The fourth-order valence-corrected chi connectivity index (χ4v) is 2.53. The smallest absolute Gasteiger partial charge is 0.282 e. The Morgan fingerprint density at radius 3 is 2.73 bits per heavy atom. The number of hydrogen-bond donors (Lipinski definition) is 1. The normalized spacial score (nSPS) is 12.3. The number of ether oxygens (including phenoxy) is 1. The van der Waals surface area contributed by atoms with Gasteiger partial charge < -0.3 is 10.1 Å². The molecule has 0 spiro atoms. The predicted octanol–water partition coefficient (Wildman–Crippen LogP) is 3.50. The minimum Gasteiger partial charge on any atom is -0.491 e. The minimum absolute atomic E-state index is 0.0147. The van der Waals surface area contributed by atoms with Gasteiger partial charge in [-0.2, -0.15) is 5.10 Å². The molecule has 1 aromatic heterocycles. The fourth-order valence-electron chi connectivity index (χ4n) is 2.06. The van der Waals surface area contributed by atoms with Crippen LogP contribution in [0.4, 0.5) is 5.69 Å². The monoisotopic (exact) mass is 365 g/mol. The molecule has 1 unspecified atom stereocenters. The van der Waals surface area contributed by atoms with Crippen LogP contribution < -0.4 is 15.6 Å². The van der Waals surface area contributed by atoms with Gasteiger partial charge in [0.25, 0.3) is 5.56 Å². The van der Waals surface area contributed by atoms with Crippen molar-refractivity contribution in [2.45, 2.75) is 32.9 Å². The fraction of sp³-hybridized carbons (Fsp3) is 0.375. The minimum atomic E-state index is -0.172. The zero-order valence-electron chi connectivity index (χ0n) is 13.1. The summed E-state index contributed by atoms with van der Waals surface area (Å²) in [5.41, 5.74) is 1.57. The molecule has 2 rings (SSSR count). The summed E-state index contributed by atoms with van der Waals surface area (Å²) in [6.45, 7) is 6.02. The van der Waals surface area contributed by atoms with Gasteiger partial charge in [0, 0.05) is 13.1 Å². The molecule has 0 fully saturated rings. The van der Waals surface area contributed by atoms with Crippen molar-refractivity contribution >= 4 is 21.6 Å². The molecule has 118 valence electrons. The van der Waals surface area contributed by atoms with Crippen LogP contribution in [0.25, 0.3) is 0 Å². The van der Waals surface area contributed by atoms with E-state index in [-0.39, 0.29) is 17.7 Å². The van der Waals surface area contributed by atoms with Crippen molar-refractivity contribution < 1.29 is 4.74 Å². The van der Waals surface area contributed by atoms with Crippen molar-refractivity contribution in [3.63, 3.8) is 0 Å². The van der Waals surface area contributed by atoms with Crippen molar-refractivity contribution in [1.82, 2.24) is 9.78 Å². The van der Waals surface area contributed by atoms with Crippen molar-refractivity contribution in [1.29, 1.82) is 0 Å². The van der Waals surface area contributed by atoms with Crippen molar-refractivity contribution in [2.75, 3.05) is 5.32 Å². The van der Waals surface area contributed by atoms with Crippen LogP contribution in [0.2, 0.25) is 0 Å². The van der Waals surface area contributed by atoms with Gasteiger partial charge in [-0.1, -0.05) is 12.1 Å². The number of halogens is 1. The molecule has 0 amide bonds. The first-order chi connectivity index (χ1) is 10.4. The van der Waals surface area contributed by atoms with Gasteiger partial charge in [-0.05, 0) is 54.4 Å². The molecule has 22 heavy (non-hydrogen) atoms. The molecule has 2 aromatic rings. The number of benzene rings is 1. The second-order valence-electron chi connectivity index (χ2n) is 5.41. The Labute approximate surface area is 138 Å². The van der Waals surface area contributed by atoms with Gasteiger partial charge in [0.15, 0.2) is 0 Å². The van der Waals surface area contributed by atoms with Crippen molar-refractivity contribution in [3.05, 3.63) is 50.9 Å². The number of aromatic nitrogens is 2. The second-order valence-corrected chi connectivity index (χ2v) is 6.20. The van der Waals surface area contributed by atoms with Crippen LogP contribution >= 0.6 is 15.9 Å². The average Bonchev–Trinajstić information content (AvgIpc) is 2.47. The molecule has 1 aromatic carbocycles. The van der Waals surface area contributed by atoms with Crippen LogP contribution in [-0.4, -0.2) is 15.9 Å². The Morgan fingerprint density at radius 1 is 1.32 bits per heavy atom. The zero-order chi connectivity index (χ0) is 16.3. The molecule has 0 aliphatic carbocycles. The lowest BCUT2D eigenvalue weighted by atomic mass is 10.1. The van der Waals surface area contributed by atoms with Gasteiger partial charge in [-0.3, -0.25) is 4.79 Å². The van der Waals surface area contributed by atoms with Crippen LogP contribution in [0.5, 0.6) is 5.75 Å². The van der Waals surface area contributed by atoms with Crippen LogP contribution in [0, 0.1) is 0 Å². The average molecular weight is 366 g/mol. The summed E-state index contributed by atoms with van der Waals surface area (Å²) in [5, 5.41) is 7.33. The van der Waals surface area contributed by atoms with Crippen LogP contribution in [0.15, 0.2) is 39.7 Å². The molecule has 1 atom stereocenters. The lowest BCUT2D eigenvalue weighted by molar-refractivity contribution is 0.242. The summed E-state index contributed by atoms with van der Waals surface area (Å²) in [6.07, 6.45) is 1.77. The van der Waals surface area contributed by atoms with E-state index in [1.807, 2.05) is 45.0 Å². The Balaban J connectivity index is 2.21. The molecule has 1 N–H and O–H groups in total. The maximum Gasteiger partial charge on any atom is 0.282 e. The van der Waals surface area contributed by atoms with Gasteiger partial charge >= 0.3 is 0 Å². The second kappa shape index (κ2) is 6.96. The SMILES string of the molecule is CC(C)Oc1cccc(C(C)Nc2cnn(C)c(=O)c2Br)c1. The highest BCUT2D eigenvalue weighted by Crippen LogP contribution is 2.25. The number of rotatable bonds is 5. The highest BCUT2D eigenvalue weighted by atomic mass is 79.9. The molecule has 5 nitrogen and oxygen atoms in total. The van der Waals surface area contributed by atoms with E-state index in [1.54, 1.807) is 13.2 Å². The maximum atomic E-state index is 11.9. The Hall–Kier alpha value is -1.82. The molecule has 0 saturated heterocycles. The van der Waals surface area contributed by atoms with Crippen LogP contribution in [0.3, 0.4) is 0 Å². The third kappa shape index (κ3) is 3.88. The predicted molar refractivity (Wildman–Crippen MR) is 91.4 cm³/mol. The van der Waals surface area contributed by atoms with Crippen LogP contribution in [0.1, 0.15) is 32.4 Å². The van der Waals surface area contributed by atoms with Gasteiger partial charge in [0.2, 0.25) is 0 Å². The van der Waals surface area contributed by atoms with Gasteiger partial charge in [-0.15, -0.1) is 0 Å². The quantitative estimate of drug-likeness (QED) is 0.880. The highest BCUT2D eigenvalue weighted by molar-refractivity contribution is 9.10. The van der Waals surface area contributed by atoms with Gasteiger partial charge in [-0.25, -0.2) is 4.68 Å². The molecule has 0 radical (unpaired) electrons. The molecule has 1 heterocycles. The van der Waals surface area contributed by atoms with Gasteiger partial charge in [0.1, 0.15) is 10.2 Å². The molecule has 0 aliphatic heterocycles. The maximum absolute atomic E-state index is 11.9. The van der Waals surface area contributed by atoms with E-state index in [1.165, 1.54) is 4.68 Å². The molecule has 0 saturated carbocycles. The number of aryl methyl sites for hydroxylation is 1. The number of nitrogens with zero attached hydrogens (tertiary/aromatic N) is 2. The molecular weight excluding hydrogens is 346 g/mol. The summed E-state index contributed by atoms with van der Waals surface area (Å²) in [6, 6.07) is 7.93. The largest absolute Gasteiger partial charge is 0.491 e. The van der Waals surface area contributed by atoms with Crippen molar-refractivity contribution in [2.24, 2.45) is 7.05 Å². The molecular formula is C16H20BrN3O2. The lowest BCUT2D eigenvalue weighted by Crippen LogP contribution is -2.22. The van der Waals surface area contributed by atoms with E-state index in [0.29, 0.717) is 10.2 Å². The summed E-state index contributed by atoms with van der Waals surface area (Å²) in [7, 11) is 1.62. The molecule has 0 bridgehead atoms. The van der Waals surface area contributed by atoms with Gasteiger partial charge in [0.05, 0.1) is 18.0 Å². The third-order valence-corrected chi connectivity index (χ3v) is 3.95. The van der Waals surface area contributed by atoms with E-state index in [9.17, 15) is 4.79 Å². The van der Waals surface area contributed by atoms with E-state index in [4.69, 9.17) is 4.74 Å².